The van der Waals surface area contributed by atoms with Gasteiger partial charge in [0.15, 0.2) is 0 Å². The predicted molar refractivity (Wildman–Crippen MR) is 97.8 cm³/mol. The first-order valence-corrected chi connectivity index (χ1v) is 7.64. The molecule has 2 rings (SSSR count). The van der Waals surface area contributed by atoms with Crippen LogP contribution in [0.4, 0.5) is 5.69 Å². The van der Waals surface area contributed by atoms with E-state index in [9.17, 15) is 9.59 Å². The SMILES string of the molecule is C=CCNC(=O)c1ccccc1NC(=O)/C=C/c1ccc(C)cc1. The van der Waals surface area contributed by atoms with Crippen molar-refractivity contribution in [3.05, 3.63) is 84.0 Å². The lowest BCUT2D eigenvalue weighted by Gasteiger charge is -2.09. The van der Waals surface area contributed by atoms with Gasteiger partial charge in [-0.25, -0.2) is 0 Å². The van der Waals surface area contributed by atoms with E-state index in [1.807, 2.05) is 31.2 Å². The molecule has 0 fully saturated rings. The minimum atomic E-state index is -0.292. The molecule has 2 aromatic carbocycles. The lowest BCUT2D eigenvalue weighted by molar-refractivity contribution is -0.111. The van der Waals surface area contributed by atoms with Crippen LogP contribution in [0.25, 0.3) is 6.08 Å². The first-order chi connectivity index (χ1) is 11.6. The molecule has 2 aromatic rings. The maximum Gasteiger partial charge on any atom is 0.253 e. The summed E-state index contributed by atoms with van der Waals surface area (Å²) in [6.45, 7) is 5.94. The number of nitrogens with one attached hydrogen (secondary N) is 2. The molecule has 4 nitrogen and oxygen atoms in total. The number of para-hydroxylation sites is 1. The Morgan fingerprint density at radius 1 is 1.08 bits per heavy atom. The summed E-state index contributed by atoms with van der Waals surface area (Å²) in [5, 5.41) is 5.44. The average molecular weight is 320 g/mol. The molecule has 0 atom stereocenters. The van der Waals surface area contributed by atoms with Crippen LogP contribution in [0, 0.1) is 6.92 Å². The van der Waals surface area contributed by atoms with E-state index in [1.54, 1.807) is 36.4 Å². The summed E-state index contributed by atoms with van der Waals surface area (Å²) >= 11 is 0. The summed E-state index contributed by atoms with van der Waals surface area (Å²) in [6.07, 6.45) is 4.78. The van der Waals surface area contributed by atoms with Gasteiger partial charge in [0.05, 0.1) is 11.3 Å². The van der Waals surface area contributed by atoms with Crippen LogP contribution in [0.3, 0.4) is 0 Å². The minimum Gasteiger partial charge on any atom is -0.349 e. The molecule has 0 radical (unpaired) electrons. The highest BCUT2D eigenvalue weighted by Crippen LogP contribution is 2.15. The smallest absolute Gasteiger partial charge is 0.253 e. The van der Waals surface area contributed by atoms with Crippen LogP contribution < -0.4 is 10.6 Å². The van der Waals surface area contributed by atoms with Crippen molar-refractivity contribution in [2.24, 2.45) is 0 Å². The number of amides is 2. The maximum atomic E-state index is 12.1. The number of carbonyl (C=O) groups is 2. The normalized spacial score (nSPS) is 10.4. The first-order valence-electron chi connectivity index (χ1n) is 7.64. The molecule has 122 valence electrons. The fraction of sp³-hybridized carbons (Fsp3) is 0.100. The van der Waals surface area contributed by atoms with Crippen molar-refractivity contribution in [1.82, 2.24) is 5.32 Å². The van der Waals surface area contributed by atoms with E-state index in [-0.39, 0.29) is 11.8 Å². The van der Waals surface area contributed by atoms with Crippen LogP contribution in [0.5, 0.6) is 0 Å². The predicted octanol–water partition coefficient (Wildman–Crippen LogP) is 3.56. The van der Waals surface area contributed by atoms with E-state index in [4.69, 9.17) is 0 Å². The van der Waals surface area contributed by atoms with Crippen molar-refractivity contribution in [3.8, 4) is 0 Å². The van der Waals surface area contributed by atoms with E-state index in [0.29, 0.717) is 17.8 Å². The van der Waals surface area contributed by atoms with Gasteiger partial charge in [-0.05, 0) is 30.7 Å². The fourth-order valence-corrected chi connectivity index (χ4v) is 2.07. The summed E-state index contributed by atoms with van der Waals surface area (Å²) in [4.78, 5) is 24.2. The number of anilines is 1. The van der Waals surface area contributed by atoms with Crippen molar-refractivity contribution in [3.63, 3.8) is 0 Å². The molecular formula is C20H20N2O2. The van der Waals surface area contributed by atoms with Gasteiger partial charge >= 0.3 is 0 Å². The summed E-state index contributed by atoms with van der Waals surface area (Å²) in [5.41, 5.74) is 2.98. The van der Waals surface area contributed by atoms with E-state index < -0.39 is 0 Å². The van der Waals surface area contributed by atoms with Crippen LogP contribution in [0.1, 0.15) is 21.5 Å². The molecule has 4 heteroatoms. The Kier molecular flexibility index (Phi) is 6.08. The Labute approximate surface area is 141 Å². The zero-order valence-electron chi connectivity index (χ0n) is 13.6. The average Bonchev–Trinajstić information content (AvgIpc) is 2.59. The van der Waals surface area contributed by atoms with Crippen molar-refractivity contribution in [2.75, 3.05) is 11.9 Å². The Bertz CT molecular complexity index is 761. The Morgan fingerprint density at radius 3 is 2.50 bits per heavy atom. The Hall–Kier alpha value is -3.14. The van der Waals surface area contributed by atoms with E-state index in [1.165, 1.54) is 6.08 Å². The van der Waals surface area contributed by atoms with Gasteiger partial charge in [-0.3, -0.25) is 9.59 Å². The van der Waals surface area contributed by atoms with Gasteiger partial charge in [0, 0.05) is 12.6 Å². The molecule has 0 aliphatic heterocycles. The zero-order valence-corrected chi connectivity index (χ0v) is 13.6. The topological polar surface area (TPSA) is 58.2 Å². The third-order valence-electron chi connectivity index (χ3n) is 3.34. The molecule has 0 saturated heterocycles. The second-order valence-corrected chi connectivity index (χ2v) is 5.28. The van der Waals surface area contributed by atoms with E-state index in [0.717, 1.165) is 11.1 Å². The van der Waals surface area contributed by atoms with Crippen LogP contribution in [0.15, 0.2) is 67.3 Å². The van der Waals surface area contributed by atoms with Crippen LogP contribution in [-0.2, 0) is 4.79 Å². The highest BCUT2D eigenvalue weighted by molar-refractivity contribution is 6.07. The molecule has 0 saturated carbocycles. The molecule has 0 aliphatic rings. The van der Waals surface area contributed by atoms with Crippen LogP contribution >= 0.6 is 0 Å². The van der Waals surface area contributed by atoms with Gasteiger partial charge < -0.3 is 10.6 Å². The number of benzene rings is 2. The number of hydrogen-bond donors (Lipinski definition) is 2. The molecule has 0 spiro atoms. The summed E-state index contributed by atoms with van der Waals surface area (Å²) in [7, 11) is 0. The molecule has 0 heterocycles. The first kappa shape index (κ1) is 17.2. The van der Waals surface area contributed by atoms with Gasteiger partial charge in [-0.2, -0.15) is 0 Å². The minimum absolute atomic E-state index is 0.256. The third kappa shape index (κ3) is 4.95. The molecule has 0 bridgehead atoms. The standard InChI is InChI=1S/C20H20N2O2/c1-3-14-21-20(24)17-6-4-5-7-18(17)22-19(23)13-12-16-10-8-15(2)9-11-16/h3-13H,1,14H2,2H3,(H,21,24)(H,22,23)/b13-12+. The van der Waals surface area contributed by atoms with Gasteiger partial charge in [-0.1, -0.05) is 48.0 Å². The zero-order chi connectivity index (χ0) is 17.4. The maximum absolute atomic E-state index is 12.1. The molecule has 24 heavy (non-hydrogen) atoms. The molecule has 2 N–H and O–H groups in total. The molecular weight excluding hydrogens is 300 g/mol. The second-order valence-electron chi connectivity index (χ2n) is 5.28. The van der Waals surface area contributed by atoms with Crippen molar-refractivity contribution in [2.45, 2.75) is 6.92 Å². The lowest BCUT2D eigenvalue weighted by Crippen LogP contribution is -2.24. The van der Waals surface area contributed by atoms with Crippen LogP contribution in [-0.4, -0.2) is 18.4 Å². The van der Waals surface area contributed by atoms with Crippen LogP contribution in [0.2, 0.25) is 0 Å². The lowest BCUT2D eigenvalue weighted by atomic mass is 10.1. The Balaban J connectivity index is 2.07. The van der Waals surface area contributed by atoms with Crippen molar-refractivity contribution >= 4 is 23.6 Å². The van der Waals surface area contributed by atoms with Crippen molar-refractivity contribution < 1.29 is 9.59 Å². The highest BCUT2D eigenvalue weighted by Gasteiger charge is 2.11. The number of aryl methyl sites for hydroxylation is 1. The highest BCUT2D eigenvalue weighted by atomic mass is 16.2. The van der Waals surface area contributed by atoms with Gasteiger partial charge in [-0.15, -0.1) is 6.58 Å². The monoisotopic (exact) mass is 320 g/mol. The molecule has 0 unspecified atom stereocenters. The quantitative estimate of drug-likeness (QED) is 0.631. The van der Waals surface area contributed by atoms with Gasteiger partial charge in [0.1, 0.15) is 0 Å². The number of hydrogen-bond acceptors (Lipinski definition) is 2. The second kappa shape index (κ2) is 8.48. The van der Waals surface area contributed by atoms with E-state index in [2.05, 4.69) is 17.2 Å². The number of rotatable bonds is 6. The molecule has 0 aliphatic carbocycles. The van der Waals surface area contributed by atoms with Gasteiger partial charge in [0.25, 0.3) is 5.91 Å². The van der Waals surface area contributed by atoms with Gasteiger partial charge in [0.2, 0.25) is 5.91 Å². The van der Waals surface area contributed by atoms with Crippen molar-refractivity contribution in [1.29, 1.82) is 0 Å². The largest absolute Gasteiger partial charge is 0.349 e. The number of carbonyl (C=O) groups excluding carboxylic acids is 2. The fourth-order valence-electron chi connectivity index (χ4n) is 2.07. The summed E-state index contributed by atoms with van der Waals surface area (Å²) in [6, 6.07) is 14.7. The third-order valence-corrected chi connectivity index (χ3v) is 3.34. The summed E-state index contributed by atoms with van der Waals surface area (Å²) in [5.74, 6) is -0.548. The van der Waals surface area contributed by atoms with E-state index >= 15 is 0 Å². The Morgan fingerprint density at radius 2 is 1.79 bits per heavy atom. The molecule has 2 amide bonds. The molecule has 0 aromatic heterocycles. The summed E-state index contributed by atoms with van der Waals surface area (Å²) < 4.78 is 0.